The predicted molar refractivity (Wildman–Crippen MR) is 136 cm³/mol. The van der Waals surface area contributed by atoms with Crippen molar-refractivity contribution in [2.75, 3.05) is 40.8 Å². The van der Waals surface area contributed by atoms with Crippen molar-refractivity contribution in [1.29, 1.82) is 0 Å². The first-order valence-corrected chi connectivity index (χ1v) is 12.8. The van der Waals surface area contributed by atoms with E-state index >= 15 is 0 Å². The first-order chi connectivity index (χ1) is 17.3. The first-order valence-electron chi connectivity index (χ1n) is 12.8. The van der Waals surface area contributed by atoms with Gasteiger partial charge in [0.25, 0.3) is 11.8 Å². The molecular formula is C27H38N4O5. The second-order valence-electron chi connectivity index (χ2n) is 9.36. The van der Waals surface area contributed by atoms with Crippen molar-refractivity contribution >= 4 is 17.7 Å². The van der Waals surface area contributed by atoms with Crippen molar-refractivity contribution in [1.82, 2.24) is 19.9 Å². The number of likely N-dealkylation sites (N-methyl/N-ethyl adjacent to an activating group) is 2. The summed E-state index contributed by atoms with van der Waals surface area (Å²) in [6, 6.07) is 8.27. The average molecular weight is 499 g/mol. The number of ether oxygens (including phenoxy) is 1. The van der Waals surface area contributed by atoms with Gasteiger partial charge in [0, 0.05) is 40.3 Å². The summed E-state index contributed by atoms with van der Waals surface area (Å²) >= 11 is 0. The van der Waals surface area contributed by atoms with E-state index in [2.05, 4.69) is 5.16 Å². The van der Waals surface area contributed by atoms with Crippen LogP contribution >= 0.6 is 0 Å². The van der Waals surface area contributed by atoms with E-state index in [9.17, 15) is 14.4 Å². The molecule has 1 aliphatic rings. The molecule has 0 N–H and O–H groups in total. The first kappa shape index (κ1) is 27.2. The zero-order valence-electron chi connectivity index (χ0n) is 21.9. The zero-order chi connectivity index (χ0) is 26.1. The topological polar surface area (TPSA) is 96.2 Å². The highest BCUT2D eigenvalue weighted by atomic mass is 16.5. The molecule has 0 unspecified atom stereocenters. The minimum absolute atomic E-state index is 0.0679. The van der Waals surface area contributed by atoms with Crippen LogP contribution in [-0.2, 0) is 11.2 Å². The Morgan fingerprint density at radius 1 is 1.14 bits per heavy atom. The van der Waals surface area contributed by atoms with Crippen LogP contribution in [0.2, 0.25) is 0 Å². The molecule has 1 aromatic carbocycles. The lowest BCUT2D eigenvalue weighted by Gasteiger charge is -2.31. The van der Waals surface area contributed by atoms with Crippen LogP contribution in [0.25, 0.3) is 0 Å². The molecule has 0 aliphatic carbocycles. The number of nitrogens with zero attached hydrogens (tertiary/aromatic N) is 4. The van der Waals surface area contributed by atoms with Gasteiger partial charge in [0.05, 0.1) is 17.9 Å². The number of carbonyl (C=O) groups is 3. The molecule has 0 fully saturated rings. The molecule has 36 heavy (non-hydrogen) atoms. The van der Waals surface area contributed by atoms with Gasteiger partial charge < -0.3 is 24.0 Å². The Morgan fingerprint density at radius 3 is 2.67 bits per heavy atom. The van der Waals surface area contributed by atoms with Crippen LogP contribution in [0, 0.1) is 0 Å². The molecule has 1 aromatic heterocycles. The van der Waals surface area contributed by atoms with Gasteiger partial charge in [-0.2, -0.15) is 0 Å². The van der Waals surface area contributed by atoms with Crippen molar-refractivity contribution in [2.24, 2.45) is 0 Å². The molecule has 1 aliphatic heterocycles. The van der Waals surface area contributed by atoms with Gasteiger partial charge in [0.15, 0.2) is 0 Å². The van der Waals surface area contributed by atoms with Gasteiger partial charge in [0.1, 0.15) is 11.8 Å². The number of fused-ring (bicyclic) bond motifs is 1. The number of rotatable bonds is 7. The summed E-state index contributed by atoms with van der Waals surface area (Å²) in [6.45, 7) is 3.63. The van der Waals surface area contributed by atoms with Crippen molar-refractivity contribution in [2.45, 2.75) is 57.9 Å². The van der Waals surface area contributed by atoms with Gasteiger partial charge in [-0.15, -0.1) is 0 Å². The molecule has 9 heteroatoms. The Kier molecular flexibility index (Phi) is 9.90. The van der Waals surface area contributed by atoms with Crippen LogP contribution in [0.5, 0.6) is 5.75 Å². The highest BCUT2D eigenvalue weighted by Gasteiger charge is 2.31. The van der Waals surface area contributed by atoms with Crippen LogP contribution in [0.3, 0.4) is 0 Å². The maximum absolute atomic E-state index is 13.4. The summed E-state index contributed by atoms with van der Waals surface area (Å²) in [5, 5.41) is 3.88. The Morgan fingerprint density at radius 2 is 1.92 bits per heavy atom. The van der Waals surface area contributed by atoms with E-state index in [4.69, 9.17) is 9.26 Å². The molecule has 9 nitrogen and oxygen atoms in total. The molecule has 0 saturated heterocycles. The van der Waals surface area contributed by atoms with Crippen LogP contribution in [0.4, 0.5) is 0 Å². The fourth-order valence-corrected chi connectivity index (χ4v) is 4.31. The molecule has 2 heterocycles. The lowest BCUT2D eigenvalue weighted by molar-refractivity contribution is -0.134. The number of aromatic nitrogens is 1. The number of carbonyl (C=O) groups excluding carboxylic acids is 3. The second-order valence-corrected chi connectivity index (χ2v) is 9.36. The molecule has 2 aromatic rings. The van der Waals surface area contributed by atoms with E-state index in [1.165, 1.54) is 4.90 Å². The van der Waals surface area contributed by atoms with Crippen molar-refractivity contribution in [3.63, 3.8) is 0 Å². The summed E-state index contributed by atoms with van der Waals surface area (Å²) in [6.07, 6.45) is 5.25. The fraction of sp³-hybridized carbons (Fsp3) is 0.556. The zero-order valence-corrected chi connectivity index (χ0v) is 21.9. The van der Waals surface area contributed by atoms with Gasteiger partial charge in [-0.1, -0.05) is 24.2 Å². The van der Waals surface area contributed by atoms with E-state index < -0.39 is 6.04 Å². The lowest BCUT2D eigenvalue weighted by atomic mass is 10.0. The molecule has 0 radical (unpaired) electrons. The second kappa shape index (κ2) is 13.1. The highest BCUT2D eigenvalue weighted by molar-refractivity contribution is 5.99. The molecule has 3 amide bonds. The third-order valence-electron chi connectivity index (χ3n) is 6.66. The molecule has 196 valence electrons. The smallest absolute Gasteiger partial charge is 0.292 e. The van der Waals surface area contributed by atoms with Crippen LogP contribution in [0.1, 0.15) is 72.1 Å². The number of unbranched alkanes of at least 4 members (excludes halogenated alkanes) is 1. The Bertz CT molecular complexity index is 1040. The third kappa shape index (κ3) is 6.86. The number of para-hydroxylation sites is 1. The third-order valence-corrected chi connectivity index (χ3v) is 6.66. The molecule has 0 bridgehead atoms. The van der Waals surface area contributed by atoms with Gasteiger partial charge in [-0.25, -0.2) is 0 Å². The van der Waals surface area contributed by atoms with Gasteiger partial charge >= 0.3 is 0 Å². The summed E-state index contributed by atoms with van der Waals surface area (Å²) in [5.41, 5.74) is 1.20. The fourth-order valence-electron chi connectivity index (χ4n) is 4.31. The standard InChI is InChI=1S/C27H38N4O5/c1-5-20-19-24(36-28-20)27(34)30(3)17-11-9-14-22-26(33)29(2)16-10-6-12-18-35-23-15-8-7-13-21(23)25(32)31(22)4/h7-8,13,15,19,22H,5-6,9-12,14,16-18H2,1-4H3/t22-/m0/s1. The van der Waals surface area contributed by atoms with E-state index in [0.29, 0.717) is 56.7 Å². The number of benzene rings is 1. The number of amides is 3. The van der Waals surface area contributed by atoms with Gasteiger partial charge in [-0.3, -0.25) is 14.4 Å². The van der Waals surface area contributed by atoms with Gasteiger partial charge in [-0.05, 0) is 57.1 Å². The SMILES string of the molecule is CCc1cc(C(=O)N(C)CCCC[C@H]2C(=O)N(C)CCCCCOc3ccccc3C(=O)N2C)on1. The molecular weight excluding hydrogens is 460 g/mol. The minimum atomic E-state index is -0.598. The lowest BCUT2D eigenvalue weighted by Crippen LogP contribution is -2.48. The van der Waals surface area contributed by atoms with Crippen LogP contribution < -0.4 is 4.74 Å². The maximum atomic E-state index is 13.4. The van der Waals surface area contributed by atoms with Gasteiger partial charge in [0.2, 0.25) is 11.7 Å². The normalized spacial score (nSPS) is 17.5. The van der Waals surface area contributed by atoms with E-state index in [1.54, 1.807) is 55.2 Å². The van der Waals surface area contributed by atoms with Crippen molar-refractivity contribution in [3.8, 4) is 5.75 Å². The molecule has 0 spiro atoms. The summed E-state index contributed by atoms with van der Waals surface area (Å²) in [4.78, 5) is 44.3. The van der Waals surface area contributed by atoms with E-state index in [0.717, 1.165) is 25.0 Å². The Labute approximate surface area is 213 Å². The van der Waals surface area contributed by atoms with Crippen molar-refractivity contribution < 1.29 is 23.6 Å². The molecule has 0 saturated carbocycles. The van der Waals surface area contributed by atoms with Crippen molar-refractivity contribution in [3.05, 3.63) is 47.3 Å². The number of aryl methyl sites for hydroxylation is 1. The van der Waals surface area contributed by atoms with Crippen LogP contribution in [-0.4, -0.2) is 84.5 Å². The molecule has 1 atom stereocenters. The Hall–Kier alpha value is -3.36. The highest BCUT2D eigenvalue weighted by Crippen LogP contribution is 2.23. The number of hydrogen-bond acceptors (Lipinski definition) is 6. The average Bonchev–Trinajstić information content (AvgIpc) is 3.38. The largest absolute Gasteiger partial charge is 0.493 e. The summed E-state index contributed by atoms with van der Waals surface area (Å²) in [5.74, 6) is 0.256. The number of hydrogen-bond donors (Lipinski definition) is 0. The minimum Gasteiger partial charge on any atom is -0.493 e. The quantitative estimate of drug-likeness (QED) is 0.541. The summed E-state index contributed by atoms with van der Waals surface area (Å²) < 4.78 is 11.1. The maximum Gasteiger partial charge on any atom is 0.292 e. The molecule has 3 rings (SSSR count). The van der Waals surface area contributed by atoms with Crippen LogP contribution in [0.15, 0.2) is 34.9 Å². The predicted octanol–water partition coefficient (Wildman–Crippen LogP) is 3.64. The van der Waals surface area contributed by atoms with E-state index in [-0.39, 0.29) is 23.5 Å². The Balaban J connectivity index is 1.67. The summed E-state index contributed by atoms with van der Waals surface area (Å²) in [7, 11) is 5.20. The monoisotopic (exact) mass is 498 g/mol. The van der Waals surface area contributed by atoms with E-state index in [1.807, 2.05) is 13.0 Å².